The number of phenols is 3. The van der Waals surface area contributed by atoms with Crippen LogP contribution in [0.1, 0.15) is 16.7 Å². The highest BCUT2D eigenvalue weighted by atomic mass is 16.3. The van der Waals surface area contributed by atoms with Crippen LogP contribution in [0.2, 0.25) is 0 Å². The van der Waals surface area contributed by atoms with E-state index in [4.69, 9.17) is 0 Å². The molecule has 46 heavy (non-hydrogen) atoms. The maximum absolute atomic E-state index is 10.1. The second-order valence-corrected chi connectivity index (χ2v) is 10.3. The lowest BCUT2D eigenvalue weighted by Crippen LogP contribution is -2.09. The summed E-state index contributed by atoms with van der Waals surface area (Å²) in [4.78, 5) is 15.7. The molecule has 6 aromatic carbocycles. The highest BCUT2D eigenvalue weighted by Gasteiger charge is 2.13. The molecule has 0 spiro atoms. The normalized spacial score (nSPS) is 11.5. The van der Waals surface area contributed by atoms with Gasteiger partial charge < -0.3 is 20.2 Å². The minimum atomic E-state index is 0.177. The van der Waals surface area contributed by atoms with Crippen LogP contribution in [0.3, 0.4) is 0 Å². The zero-order chi connectivity index (χ0) is 31.7. The molecule has 7 nitrogen and oxygen atoms in total. The number of aromatic hydroxyl groups is 3. The van der Waals surface area contributed by atoms with E-state index >= 15 is 0 Å². The summed E-state index contributed by atoms with van der Waals surface area (Å²) >= 11 is 0. The summed E-state index contributed by atoms with van der Waals surface area (Å²) in [6.45, 7) is 0. The van der Waals surface area contributed by atoms with Crippen molar-refractivity contribution >= 4 is 52.8 Å². The molecule has 6 rings (SSSR count). The molecule has 0 atom stereocenters. The van der Waals surface area contributed by atoms with E-state index in [0.29, 0.717) is 16.7 Å². The summed E-state index contributed by atoms with van der Waals surface area (Å²) in [6, 6.07) is 44.7. The van der Waals surface area contributed by atoms with Crippen LogP contribution in [0.25, 0.3) is 0 Å². The van der Waals surface area contributed by atoms with E-state index in [0.717, 1.165) is 34.1 Å². The van der Waals surface area contributed by atoms with Crippen molar-refractivity contribution in [1.82, 2.24) is 0 Å². The second-order valence-electron chi connectivity index (χ2n) is 10.3. The molecule has 0 saturated carbocycles. The number of para-hydroxylation sites is 3. The van der Waals surface area contributed by atoms with Crippen LogP contribution >= 0.6 is 0 Å². The van der Waals surface area contributed by atoms with Gasteiger partial charge in [0.2, 0.25) is 0 Å². The Labute approximate surface area is 267 Å². The average Bonchev–Trinajstić information content (AvgIpc) is 3.09. The lowest BCUT2D eigenvalue weighted by Gasteiger charge is -2.25. The highest BCUT2D eigenvalue weighted by molar-refractivity contribution is 5.87. The first-order chi connectivity index (χ1) is 22.5. The summed E-state index contributed by atoms with van der Waals surface area (Å²) in [5.74, 6) is 0.530. The molecule has 6 aromatic rings. The minimum absolute atomic E-state index is 0.177. The molecule has 0 fully saturated rings. The summed E-state index contributed by atoms with van der Waals surface area (Å²) < 4.78 is 0. The van der Waals surface area contributed by atoms with Crippen molar-refractivity contribution in [2.45, 2.75) is 0 Å². The van der Waals surface area contributed by atoms with Crippen LogP contribution in [0.5, 0.6) is 17.2 Å². The Balaban J connectivity index is 1.29. The van der Waals surface area contributed by atoms with Crippen LogP contribution in [0, 0.1) is 0 Å². The van der Waals surface area contributed by atoms with E-state index in [-0.39, 0.29) is 17.2 Å². The minimum Gasteiger partial charge on any atom is -0.507 e. The predicted octanol–water partition coefficient (Wildman–Crippen LogP) is 9.52. The first-order valence-corrected chi connectivity index (χ1v) is 14.6. The Morgan fingerprint density at radius 3 is 0.870 bits per heavy atom. The highest BCUT2D eigenvalue weighted by Crippen LogP contribution is 2.37. The molecule has 0 aromatic heterocycles. The van der Waals surface area contributed by atoms with Crippen molar-refractivity contribution in [2.75, 3.05) is 4.90 Å². The second kappa shape index (κ2) is 13.9. The average molecular weight is 603 g/mol. The Kier molecular flexibility index (Phi) is 8.93. The van der Waals surface area contributed by atoms with Gasteiger partial charge in [-0.25, -0.2) is 0 Å². The number of hydrogen-bond acceptors (Lipinski definition) is 7. The van der Waals surface area contributed by atoms with Crippen LogP contribution in [0.4, 0.5) is 34.1 Å². The third kappa shape index (κ3) is 7.18. The van der Waals surface area contributed by atoms with Gasteiger partial charge in [0.05, 0.1) is 17.1 Å². The van der Waals surface area contributed by atoms with Crippen molar-refractivity contribution in [2.24, 2.45) is 15.0 Å². The molecule has 0 aliphatic rings. The molecule has 0 amide bonds. The number of benzene rings is 6. The summed E-state index contributed by atoms with van der Waals surface area (Å²) in [5.41, 5.74) is 6.90. The molecule has 0 saturated heterocycles. The molecular formula is C39H30N4O3. The smallest absolute Gasteiger partial charge is 0.124 e. The fraction of sp³-hybridized carbons (Fsp3) is 0. The molecule has 224 valence electrons. The van der Waals surface area contributed by atoms with Crippen molar-refractivity contribution in [1.29, 1.82) is 0 Å². The number of nitrogens with zero attached hydrogens (tertiary/aromatic N) is 4. The van der Waals surface area contributed by atoms with Gasteiger partial charge in [0, 0.05) is 52.4 Å². The van der Waals surface area contributed by atoms with Gasteiger partial charge in [-0.3, -0.25) is 15.0 Å². The molecule has 0 heterocycles. The van der Waals surface area contributed by atoms with Gasteiger partial charge >= 0.3 is 0 Å². The van der Waals surface area contributed by atoms with Crippen LogP contribution in [-0.2, 0) is 0 Å². The van der Waals surface area contributed by atoms with E-state index in [1.807, 2.05) is 109 Å². The molecule has 0 aliphatic carbocycles. The van der Waals surface area contributed by atoms with E-state index in [1.54, 1.807) is 55.0 Å². The molecule has 0 unspecified atom stereocenters. The van der Waals surface area contributed by atoms with E-state index in [1.165, 1.54) is 0 Å². The van der Waals surface area contributed by atoms with Gasteiger partial charge in [0.25, 0.3) is 0 Å². The SMILES string of the molecule is Oc1ccccc1C=Nc1ccc(N(c2ccc(N=Cc3ccccc3O)cc2)c2ccc(N=Cc3ccccc3O)cc2)cc1. The van der Waals surface area contributed by atoms with E-state index in [9.17, 15) is 15.3 Å². The third-order valence-electron chi connectivity index (χ3n) is 7.19. The van der Waals surface area contributed by atoms with Crippen molar-refractivity contribution in [3.05, 3.63) is 162 Å². The zero-order valence-electron chi connectivity index (χ0n) is 24.7. The lowest BCUT2D eigenvalue weighted by molar-refractivity contribution is 0.474. The molecule has 0 bridgehead atoms. The summed E-state index contributed by atoms with van der Waals surface area (Å²) in [7, 11) is 0. The molecular weight excluding hydrogens is 572 g/mol. The Bertz CT molecular complexity index is 1780. The number of rotatable bonds is 9. The van der Waals surface area contributed by atoms with Gasteiger partial charge in [-0.05, 0) is 109 Å². The number of phenolic OH excluding ortho intramolecular Hbond substituents is 3. The van der Waals surface area contributed by atoms with Crippen LogP contribution in [-0.4, -0.2) is 34.0 Å². The first kappa shape index (κ1) is 29.6. The Morgan fingerprint density at radius 2 is 0.609 bits per heavy atom. The van der Waals surface area contributed by atoms with E-state index < -0.39 is 0 Å². The first-order valence-electron chi connectivity index (χ1n) is 14.6. The summed E-state index contributed by atoms with van der Waals surface area (Å²) in [5, 5.41) is 30.2. The van der Waals surface area contributed by atoms with E-state index in [2.05, 4.69) is 19.9 Å². The Morgan fingerprint density at radius 1 is 0.348 bits per heavy atom. The van der Waals surface area contributed by atoms with Crippen LogP contribution < -0.4 is 4.90 Å². The number of hydrogen-bond donors (Lipinski definition) is 3. The fourth-order valence-electron chi connectivity index (χ4n) is 4.73. The maximum atomic E-state index is 10.1. The van der Waals surface area contributed by atoms with Gasteiger partial charge in [-0.2, -0.15) is 0 Å². The fourth-order valence-corrected chi connectivity index (χ4v) is 4.73. The van der Waals surface area contributed by atoms with Crippen molar-refractivity contribution in [3.8, 4) is 17.2 Å². The van der Waals surface area contributed by atoms with Gasteiger partial charge in [-0.15, -0.1) is 0 Å². The lowest BCUT2D eigenvalue weighted by atomic mass is 10.1. The Hall–Kier alpha value is -6.47. The van der Waals surface area contributed by atoms with Crippen molar-refractivity contribution < 1.29 is 15.3 Å². The maximum Gasteiger partial charge on any atom is 0.124 e. The van der Waals surface area contributed by atoms with Gasteiger partial charge in [-0.1, -0.05) is 36.4 Å². The van der Waals surface area contributed by atoms with Crippen LogP contribution in [0.15, 0.2) is 161 Å². The zero-order valence-corrected chi connectivity index (χ0v) is 24.7. The number of aliphatic imine (C=N–C) groups is 3. The topological polar surface area (TPSA) is 101 Å². The standard InChI is InChI=1S/C39H30N4O3/c44-37-10-4-1-7-28(37)25-40-31-13-19-34(20-14-31)43(35-21-15-32(16-22-35)41-26-29-8-2-5-11-38(29)45)36-23-17-33(18-24-36)42-27-30-9-3-6-12-39(30)46/h1-27,44-46H. The molecule has 3 N–H and O–H groups in total. The largest absolute Gasteiger partial charge is 0.507 e. The van der Waals surface area contributed by atoms with Gasteiger partial charge in [0.15, 0.2) is 0 Å². The molecule has 0 radical (unpaired) electrons. The number of anilines is 3. The molecule has 0 aliphatic heterocycles. The third-order valence-corrected chi connectivity index (χ3v) is 7.19. The van der Waals surface area contributed by atoms with Crippen molar-refractivity contribution in [3.63, 3.8) is 0 Å². The monoisotopic (exact) mass is 602 g/mol. The quantitative estimate of drug-likeness (QED) is 0.143. The predicted molar refractivity (Wildman–Crippen MR) is 187 cm³/mol. The summed E-state index contributed by atoms with van der Waals surface area (Å²) in [6.07, 6.45) is 4.93. The molecule has 7 heteroatoms. The van der Waals surface area contributed by atoms with Gasteiger partial charge in [0.1, 0.15) is 17.2 Å².